The van der Waals surface area contributed by atoms with Gasteiger partial charge in [-0.15, -0.1) is 11.3 Å². The molecule has 1 aromatic rings. The van der Waals surface area contributed by atoms with Crippen molar-refractivity contribution in [1.82, 2.24) is 9.88 Å². The Labute approximate surface area is 118 Å². The number of thiazole rings is 1. The van der Waals surface area contributed by atoms with Crippen LogP contribution in [0.25, 0.3) is 0 Å². The van der Waals surface area contributed by atoms with E-state index < -0.39 is 0 Å². The Balaban J connectivity index is 2.54. The maximum atomic E-state index is 12.0. The highest BCUT2D eigenvalue weighted by atomic mass is 32.1. The van der Waals surface area contributed by atoms with Gasteiger partial charge in [0, 0.05) is 19.0 Å². The summed E-state index contributed by atoms with van der Waals surface area (Å²) < 4.78 is 10.1. The second-order valence-electron chi connectivity index (χ2n) is 4.40. The summed E-state index contributed by atoms with van der Waals surface area (Å²) in [6, 6.07) is -0.0384. The summed E-state index contributed by atoms with van der Waals surface area (Å²) in [6.07, 6.45) is 0. The third-order valence-electron chi connectivity index (χ3n) is 2.97. The predicted molar refractivity (Wildman–Crippen MR) is 75.5 cm³/mol. The monoisotopic (exact) mass is 286 g/mol. The molecule has 0 aliphatic carbocycles. The van der Waals surface area contributed by atoms with Gasteiger partial charge < -0.3 is 14.4 Å². The molecule has 0 radical (unpaired) electrons. The lowest BCUT2D eigenvalue weighted by molar-refractivity contribution is -0.137. The molecular formula is C13H22N2O3S. The van der Waals surface area contributed by atoms with Crippen molar-refractivity contribution in [3.05, 3.63) is 15.6 Å². The molecular weight excluding hydrogens is 264 g/mol. The van der Waals surface area contributed by atoms with Crippen molar-refractivity contribution in [2.75, 3.05) is 34.0 Å². The third-order valence-corrected chi connectivity index (χ3v) is 3.87. The molecule has 1 amide bonds. The van der Waals surface area contributed by atoms with Crippen molar-refractivity contribution >= 4 is 17.2 Å². The van der Waals surface area contributed by atoms with Crippen molar-refractivity contribution in [3.63, 3.8) is 0 Å². The van der Waals surface area contributed by atoms with Gasteiger partial charge in [0.25, 0.3) is 0 Å². The van der Waals surface area contributed by atoms with Crippen LogP contribution in [-0.4, -0.2) is 49.8 Å². The van der Waals surface area contributed by atoms with E-state index in [1.807, 2.05) is 20.8 Å². The quantitative estimate of drug-likeness (QED) is 0.719. The van der Waals surface area contributed by atoms with Gasteiger partial charge in [-0.05, 0) is 20.8 Å². The Hall–Kier alpha value is -0.980. The minimum atomic E-state index is -0.0475. The summed E-state index contributed by atoms with van der Waals surface area (Å²) in [5, 5.41) is 1.02. The van der Waals surface area contributed by atoms with Crippen LogP contribution in [0.4, 0.5) is 0 Å². The smallest absolute Gasteiger partial charge is 0.248 e. The first-order valence-corrected chi connectivity index (χ1v) is 7.05. The number of hydrogen-bond acceptors (Lipinski definition) is 5. The molecule has 19 heavy (non-hydrogen) atoms. The fourth-order valence-electron chi connectivity index (χ4n) is 1.74. The maximum absolute atomic E-state index is 12.0. The SMILES string of the molecule is COCCOCC(=O)N(C)[C@H](C)c1nc(C)sc1C. The first-order valence-electron chi connectivity index (χ1n) is 6.23. The highest BCUT2D eigenvalue weighted by molar-refractivity contribution is 7.11. The van der Waals surface area contributed by atoms with Crippen LogP contribution in [0.3, 0.4) is 0 Å². The second-order valence-corrected chi connectivity index (χ2v) is 5.81. The number of likely N-dealkylation sites (N-methyl/N-ethyl adjacent to an activating group) is 1. The van der Waals surface area contributed by atoms with E-state index in [1.165, 1.54) is 0 Å². The van der Waals surface area contributed by atoms with E-state index in [4.69, 9.17) is 9.47 Å². The lowest BCUT2D eigenvalue weighted by Gasteiger charge is -2.24. The van der Waals surface area contributed by atoms with Crippen molar-refractivity contribution < 1.29 is 14.3 Å². The number of hydrogen-bond donors (Lipinski definition) is 0. The first kappa shape index (κ1) is 16.1. The number of carbonyl (C=O) groups is 1. The Kier molecular flexibility index (Phi) is 6.41. The van der Waals surface area contributed by atoms with Crippen molar-refractivity contribution in [2.45, 2.75) is 26.8 Å². The number of amides is 1. The van der Waals surface area contributed by atoms with Gasteiger partial charge in [-0.2, -0.15) is 0 Å². The molecule has 1 atom stereocenters. The predicted octanol–water partition coefficient (Wildman–Crippen LogP) is 1.94. The Bertz CT molecular complexity index is 420. The van der Waals surface area contributed by atoms with Gasteiger partial charge in [0.1, 0.15) is 6.61 Å². The van der Waals surface area contributed by atoms with Crippen LogP contribution in [-0.2, 0) is 14.3 Å². The van der Waals surface area contributed by atoms with Crippen LogP contribution in [0.15, 0.2) is 0 Å². The van der Waals surface area contributed by atoms with Crippen molar-refractivity contribution in [2.24, 2.45) is 0 Å². The average Bonchev–Trinajstić information content (AvgIpc) is 2.71. The summed E-state index contributed by atoms with van der Waals surface area (Å²) in [4.78, 5) is 19.3. The molecule has 108 valence electrons. The minimum Gasteiger partial charge on any atom is -0.382 e. The number of nitrogens with zero attached hydrogens (tertiary/aromatic N) is 2. The number of carbonyl (C=O) groups excluding carboxylic acids is 1. The molecule has 0 saturated heterocycles. The molecule has 0 aliphatic heterocycles. The normalized spacial score (nSPS) is 12.5. The maximum Gasteiger partial charge on any atom is 0.248 e. The first-order chi connectivity index (χ1) is 8.97. The molecule has 1 aromatic heterocycles. The molecule has 1 rings (SSSR count). The topological polar surface area (TPSA) is 51.7 Å². The zero-order valence-electron chi connectivity index (χ0n) is 12.2. The average molecular weight is 286 g/mol. The third kappa shape index (κ3) is 4.56. The van der Waals surface area contributed by atoms with Crippen molar-refractivity contribution in [1.29, 1.82) is 0 Å². The zero-order chi connectivity index (χ0) is 14.4. The molecule has 0 aliphatic rings. The highest BCUT2D eigenvalue weighted by Crippen LogP contribution is 2.25. The fourth-order valence-corrected chi connectivity index (χ4v) is 2.64. The fraction of sp³-hybridized carbons (Fsp3) is 0.692. The Morgan fingerprint density at radius 2 is 2.11 bits per heavy atom. The Morgan fingerprint density at radius 3 is 2.63 bits per heavy atom. The molecule has 0 aromatic carbocycles. The van der Waals surface area contributed by atoms with E-state index in [0.29, 0.717) is 13.2 Å². The van der Waals surface area contributed by atoms with Gasteiger partial charge in [0.2, 0.25) is 5.91 Å². The summed E-state index contributed by atoms with van der Waals surface area (Å²) >= 11 is 1.65. The lowest BCUT2D eigenvalue weighted by Crippen LogP contribution is -2.33. The van der Waals surface area contributed by atoms with E-state index in [9.17, 15) is 4.79 Å². The largest absolute Gasteiger partial charge is 0.382 e. The highest BCUT2D eigenvalue weighted by Gasteiger charge is 2.21. The number of ether oxygens (including phenoxy) is 2. The van der Waals surface area contributed by atoms with Crippen LogP contribution in [0, 0.1) is 13.8 Å². The van der Waals surface area contributed by atoms with Gasteiger partial charge >= 0.3 is 0 Å². The van der Waals surface area contributed by atoms with E-state index in [2.05, 4.69) is 4.98 Å². The molecule has 5 nitrogen and oxygen atoms in total. The summed E-state index contributed by atoms with van der Waals surface area (Å²) in [5.41, 5.74) is 0.968. The molecule has 6 heteroatoms. The summed E-state index contributed by atoms with van der Waals surface area (Å²) in [7, 11) is 3.38. The Morgan fingerprint density at radius 1 is 1.42 bits per heavy atom. The number of methoxy groups -OCH3 is 1. The second kappa shape index (κ2) is 7.57. The van der Waals surface area contributed by atoms with E-state index >= 15 is 0 Å². The molecule has 0 spiro atoms. The molecule has 0 N–H and O–H groups in total. The standard InChI is InChI=1S/C13H22N2O3S/c1-9(13-10(2)19-11(3)14-13)15(4)12(16)8-18-7-6-17-5/h9H,6-8H2,1-5H3/t9-/m1/s1. The van der Waals surface area contributed by atoms with Gasteiger partial charge in [0.15, 0.2) is 0 Å². The lowest BCUT2D eigenvalue weighted by atomic mass is 10.2. The molecule has 0 fully saturated rings. The molecule has 0 bridgehead atoms. The van der Waals surface area contributed by atoms with Gasteiger partial charge in [0.05, 0.1) is 30.0 Å². The van der Waals surface area contributed by atoms with Crippen LogP contribution >= 0.6 is 11.3 Å². The molecule has 0 unspecified atom stereocenters. The molecule has 0 saturated carbocycles. The van der Waals surface area contributed by atoms with Crippen LogP contribution < -0.4 is 0 Å². The van der Waals surface area contributed by atoms with Crippen LogP contribution in [0.2, 0.25) is 0 Å². The van der Waals surface area contributed by atoms with E-state index in [-0.39, 0.29) is 18.6 Å². The van der Waals surface area contributed by atoms with E-state index in [1.54, 1.807) is 30.4 Å². The van der Waals surface area contributed by atoms with Gasteiger partial charge in [-0.3, -0.25) is 4.79 Å². The summed E-state index contributed by atoms with van der Waals surface area (Å²) in [6.45, 7) is 6.99. The molecule has 1 heterocycles. The van der Waals surface area contributed by atoms with Crippen LogP contribution in [0.5, 0.6) is 0 Å². The van der Waals surface area contributed by atoms with Gasteiger partial charge in [-0.25, -0.2) is 4.98 Å². The zero-order valence-corrected chi connectivity index (χ0v) is 13.0. The van der Waals surface area contributed by atoms with Crippen LogP contribution in [0.1, 0.15) is 28.5 Å². The minimum absolute atomic E-state index is 0.0384. The van der Waals surface area contributed by atoms with Gasteiger partial charge in [-0.1, -0.05) is 0 Å². The summed E-state index contributed by atoms with van der Waals surface area (Å²) in [5.74, 6) is -0.0475. The number of aryl methyl sites for hydroxylation is 2. The van der Waals surface area contributed by atoms with Crippen molar-refractivity contribution in [3.8, 4) is 0 Å². The van der Waals surface area contributed by atoms with E-state index in [0.717, 1.165) is 15.6 Å². The number of aromatic nitrogens is 1. The number of rotatable bonds is 7.